The Bertz CT molecular complexity index is 1140. The standard InChI is InChI=1S/C23H25FN8O/c24-17-5-7-18(8-6-17)32-22(26)19(13-25)20(30-32)4-1-9-29-23(33)16-3-2-12-31(15-16)21-14-27-10-11-28-21/h5-8,10-11,14,16H,1-4,9,12,15,26H2,(H,29,33). The molecule has 170 valence electrons. The molecular weight excluding hydrogens is 423 g/mol. The molecule has 2 aromatic heterocycles. The van der Waals surface area contributed by atoms with E-state index in [1.807, 2.05) is 0 Å². The summed E-state index contributed by atoms with van der Waals surface area (Å²) in [6, 6.07) is 7.84. The molecule has 0 spiro atoms. The van der Waals surface area contributed by atoms with Crippen LogP contribution in [0.2, 0.25) is 0 Å². The zero-order valence-corrected chi connectivity index (χ0v) is 18.1. The Morgan fingerprint density at radius 1 is 1.30 bits per heavy atom. The van der Waals surface area contributed by atoms with Crippen LogP contribution in [-0.2, 0) is 11.2 Å². The van der Waals surface area contributed by atoms with Gasteiger partial charge in [0.1, 0.15) is 29.1 Å². The van der Waals surface area contributed by atoms with Crippen LogP contribution in [0.25, 0.3) is 5.69 Å². The van der Waals surface area contributed by atoms with Gasteiger partial charge in [-0.1, -0.05) is 0 Å². The summed E-state index contributed by atoms with van der Waals surface area (Å²) in [5.41, 5.74) is 7.53. The molecule has 3 heterocycles. The number of halogens is 1. The molecule has 1 aliphatic heterocycles. The molecule has 10 heteroatoms. The van der Waals surface area contributed by atoms with Gasteiger partial charge in [-0.15, -0.1) is 0 Å². The van der Waals surface area contributed by atoms with E-state index in [1.54, 1.807) is 30.7 Å². The van der Waals surface area contributed by atoms with Crippen molar-refractivity contribution >= 4 is 17.5 Å². The number of carbonyl (C=O) groups excluding carboxylic acids is 1. The van der Waals surface area contributed by atoms with Crippen molar-refractivity contribution in [1.29, 1.82) is 5.26 Å². The second kappa shape index (κ2) is 10.1. The van der Waals surface area contributed by atoms with E-state index in [-0.39, 0.29) is 23.5 Å². The van der Waals surface area contributed by atoms with Crippen LogP contribution in [0.3, 0.4) is 0 Å². The van der Waals surface area contributed by atoms with Crippen LogP contribution in [0, 0.1) is 23.1 Å². The Kier molecular flexibility index (Phi) is 6.78. The predicted octanol–water partition coefficient (Wildman–Crippen LogP) is 2.22. The highest BCUT2D eigenvalue weighted by Crippen LogP contribution is 2.23. The maximum absolute atomic E-state index is 13.2. The zero-order chi connectivity index (χ0) is 23.2. The number of aryl methyl sites for hydroxylation is 1. The van der Waals surface area contributed by atoms with Gasteiger partial charge in [-0.3, -0.25) is 9.78 Å². The van der Waals surface area contributed by atoms with Crippen molar-refractivity contribution in [2.45, 2.75) is 25.7 Å². The summed E-state index contributed by atoms with van der Waals surface area (Å²) in [5.74, 6) is 0.547. The second-order valence-corrected chi connectivity index (χ2v) is 7.95. The number of nitrogens with zero attached hydrogens (tertiary/aromatic N) is 6. The number of hydrogen-bond acceptors (Lipinski definition) is 7. The number of rotatable bonds is 7. The average Bonchev–Trinajstić information content (AvgIpc) is 3.17. The molecule has 1 aromatic carbocycles. The van der Waals surface area contributed by atoms with E-state index in [0.717, 1.165) is 25.2 Å². The summed E-state index contributed by atoms with van der Waals surface area (Å²) in [5, 5.41) is 17.0. The highest BCUT2D eigenvalue weighted by Gasteiger charge is 2.26. The number of aromatic nitrogens is 4. The number of benzene rings is 1. The van der Waals surface area contributed by atoms with Crippen LogP contribution in [-0.4, -0.2) is 45.3 Å². The first-order valence-electron chi connectivity index (χ1n) is 10.9. The van der Waals surface area contributed by atoms with Crippen molar-refractivity contribution in [3.63, 3.8) is 0 Å². The van der Waals surface area contributed by atoms with Gasteiger partial charge in [-0.05, 0) is 49.9 Å². The van der Waals surface area contributed by atoms with Gasteiger partial charge < -0.3 is 16.0 Å². The van der Waals surface area contributed by atoms with E-state index in [2.05, 4.69) is 31.4 Å². The third-order valence-electron chi connectivity index (χ3n) is 5.73. The van der Waals surface area contributed by atoms with E-state index < -0.39 is 0 Å². The third kappa shape index (κ3) is 5.09. The van der Waals surface area contributed by atoms with Gasteiger partial charge in [0.15, 0.2) is 0 Å². The van der Waals surface area contributed by atoms with Gasteiger partial charge in [-0.2, -0.15) is 10.4 Å². The highest BCUT2D eigenvalue weighted by molar-refractivity contribution is 5.79. The van der Waals surface area contributed by atoms with Crippen molar-refractivity contribution in [3.8, 4) is 11.8 Å². The summed E-state index contributed by atoms with van der Waals surface area (Å²) < 4.78 is 14.6. The van der Waals surface area contributed by atoms with Gasteiger partial charge in [-0.25, -0.2) is 14.1 Å². The zero-order valence-electron chi connectivity index (χ0n) is 18.1. The normalized spacial score (nSPS) is 15.8. The van der Waals surface area contributed by atoms with Crippen LogP contribution in [0.1, 0.15) is 30.5 Å². The number of anilines is 2. The van der Waals surface area contributed by atoms with Crippen LogP contribution in [0.4, 0.5) is 16.0 Å². The fourth-order valence-corrected chi connectivity index (χ4v) is 4.02. The molecule has 0 saturated carbocycles. The van der Waals surface area contributed by atoms with Crippen LogP contribution in [0.15, 0.2) is 42.9 Å². The quantitative estimate of drug-likeness (QED) is 0.531. The molecule has 33 heavy (non-hydrogen) atoms. The minimum absolute atomic E-state index is 0.0143. The van der Waals surface area contributed by atoms with E-state index in [0.29, 0.717) is 42.9 Å². The fraction of sp³-hybridized carbons (Fsp3) is 0.348. The summed E-state index contributed by atoms with van der Waals surface area (Å²) in [4.78, 5) is 23.2. The van der Waals surface area contributed by atoms with Crippen molar-refractivity contribution in [1.82, 2.24) is 25.1 Å². The van der Waals surface area contributed by atoms with Gasteiger partial charge in [0, 0.05) is 32.0 Å². The lowest BCUT2D eigenvalue weighted by atomic mass is 9.97. The number of piperidine rings is 1. The molecule has 0 radical (unpaired) electrons. The molecule has 1 atom stereocenters. The number of nitriles is 1. The topological polar surface area (TPSA) is 126 Å². The lowest BCUT2D eigenvalue weighted by molar-refractivity contribution is -0.125. The predicted molar refractivity (Wildman–Crippen MR) is 121 cm³/mol. The second-order valence-electron chi connectivity index (χ2n) is 7.95. The Morgan fingerprint density at radius 3 is 2.85 bits per heavy atom. The molecule has 0 bridgehead atoms. The van der Waals surface area contributed by atoms with Crippen LogP contribution < -0.4 is 16.0 Å². The Morgan fingerprint density at radius 2 is 2.12 bits per heavy atom. The molecule has 9 nitrogen and oxygen atoms in total. The van der Waals surface area contributed by atoms with Gasteiger partial charge in [0.05, 0.1) is 23.5 Å². The highest BCUT2D eigenvalue weighted by atomic mass is 19.1. The van der Waals surface area contributed by atoms with E-state index in [9.17, 15) is 14.4 Å². The third-order valence-corrected chi connectivity index (χ3v) is 5.73. The summed E-state index contributed by atoms with van der Waals surface area (Å²) in [7, 11) is 0. The Labute approximate surface area is 191 Å². The Hall–Kier alpha value is -4.00. The first-order chi connectivity index (χ1) is 16.1. The lowest BCUT2D eigenvalue weighted by Crippen LogP contribution is -2.43. The molecule has 1 amide bonds. The SMILES string of the molecule is N#Cc1c(CCCNC(=O)C2CCCN(c3cnccn3)C2)nn(-c2ccc(F)cc2)c1N. The largest absolute Gasteiger partial charge is 0.382 e. The van der Waals surface area contributed by atoms with Gasteiger partial charge in [0.2, 0.25) is 5.91 Å². The minimum Gasteiger partial charge on any atom is -0.382 e. The van der Waals surface area contributed by atoms with E-state index in [1.165, 1.54) is 16.8 Å². The summed E-state index contributed by atoms with van der Waals surface area (Å²) >= 11 is 0. The van der Waals surface area contributed by atoms with E-state index >= 15 is 0 Å². The summed E-state index contributed by atoms with van der Waals surface area (Å²) in [6.07, 6.45) is 7.84. The van der Waals surface area contributed by atoms with Crippen molar-refractivity contribution in [2.24, 2.45) is 5.92 Å². The lowest BCUT2D eigenvalue weighted by Gasteiger charge is -2.32. The van der Waals surface area contributed by atoms with Crippen molar-refractivity contribution < 1.29 is 9.18 Å². The number of carbonyl (C=O) groups is 1. The first-order valence-corrected chi connectivity index (χ1v) is 10.9. The molecule has 1 aliphatic rings. The number of amides is 1. The fourth-order valence-electron chi connectivity index (χ4n) is 4.02. The summed E-state index contributed by atoms with van der Waals surface area (Å²) in [6.45, 7) is 1.94. The molecule has 3 N–H and O–H groups in total. The number of nitrogens with one attached hydrogen (secondary N) is 1. The molecule has 3 aromatic rings. The molecule has 4 rings (SSSR count). The molecule has 0 aliphatic carbocycles. The number of nitrogen functional groups attached to an aromatic ring is 1. The Balaban J connectivity index is 1.31. The maximum atomic E-state index is 13.2. The smallest absolute Gasteiger partial charge is 0.224 e. The molecular formula is C23H25FN8O. The monoisotopic (exact) mass is 448 g/mol. The van der Waals surface area contributed by atoms with E-state index in [4.69, 9.17) is 5.73 Å². The van der Waals surface area contributed by atoms with Crippen LogP contribution >= 0.6 is 0 Å². The number of hydrogen-bond donors (Lipinski definition) is 2. The maximum Gasteiger partial charge on any atom is 0.224 e. The molecule has 1 unspecified atom stereocenters. The number of nitrogens with two attached hydrogens (primary N) is 1. The van der Waals surface area contributed by atoms with Gasteiger partial charge in [0.25, 0.3) is 0 Å². The molecule has 1 saturated heterocycles. The average molecular weight is 449 g/mol. The molecule has 1 fully saturated rings. The van der Waals surface area contributed by atoms with Crippen molar-refractivity contribution in [3.05, 3.63) is 59.9 Å². The van der Waals surface area contributed by atoms with Crippen LogP contribution in [0.5, 0.6) is 0 Å². The van der Waals surface area contributed by atoms with Gasteiger partial charge >= 0.3 is 0 Å². The minimum atomic E-state index is -0.362. The van der Waals surface area contributed by atoms with Crippen molar-refractivity contribution in [2.75, 3.05) is 30.3 Å². The first kappa shape index (κ1) is 22.2.